The van der Waals surface area contributed by atoms with Crippen LogP contribution in [0.4, 0.5) is 0 Å². The highest BCUT2D eigenvalue weighted by Gasteiger charge is 2.31. The molecule has 0 atom stereocenters. The zero-order valence-electron chi connectivity index (χ0n) is 13.3. The molecule has 0 amide bonds. The number of piperidine rings is 1. The molecule has 0 aromatic carbocycles. The molecule has 4 nitrogen and oxygen atoms in total. The maximum absolute atomic E-state index is 5.66. The van der Waals surface area contributed by atoms with Crippen LogP contribution < -0.4 is 5.32 Å². The fourth-order valence-electron chi connectivity index (χ4n) is 3.12. The Balaban J connectivity index is 1.73. The number of nitrogens with zero attached hydrogens (tertiary/aromatic N) is 1. The molecule has 0 unspecified atom stereocenters. The van der Waals surface area contributed by atoms with Gasteiger partial charge in [0.25, 0.3) is 0 Å². The van der Waals surface area contributed by atoms with Crippen molar-refractivity contribution in [3.8, 4) is 0 Å². The topological polar surface area (TPSA) is 33.7 Å². The van der Waals surface area contributed by atoms with E-state index in [1.54, 1.807) is 0 Å². The van der Waals surface area contributed by atoms with Crippen LogP contribution in [-0.2, 0) is 9.47 Å². The molecule has 2 aliphatic rings. The van der Waals surface area contributed by atoms with Gasteiger partial charge in [0.05, 0.1) is 0 Å². The lowest BCUT2D eigenvalue weighted by Crippen LogP contribution is -2.38. The zero-order chi connectivity index (χ0) is 14.2. The molecule has 1 heterocycles. The molecule has 0 bridgehead atoms. The van der Waals surface area contributed by atoms with Crippen LogP contribution in [0.25, 0.3) is 0 Å². The third-order valence-electron chi connectivity index (χ3n) is 4.37. The second kappa shape index (κ2) is 8.98. The van der Waals surface area contributed by atoms with E-state index in [0.29, 0.717) is 0 Å². The minimum atomic E-state index is -0.0146. The smallest absolute Gasteiger partial charge is 0.158 e. The Kier molecular flexibility index (Phi) is 7.28. The highest BCUT2D eigenvalue weighted by molar-refractivity contribution is 4.86. The van der Waals surface area contributed by atoms with Gasteiger partial charge < -0.3 is 14.8 Å². The van der Waals surface area contributed by atoms with E-state index in [0.717, 1.165) is 38.1 Å². The van der Waals surface area contributed by atoms with E-state index in [-0.39, 0.29) is 6.29 Å². The average molecular weight is 284 g/mol. The number of hydrogen-bond acceptors (Lipinski definition) is 4. The first-order valence-electron chi connectivity index (χ1n) is 8.51. The van der Waals surface area contributed by atoms with Gasteiger partial charge in [0.2, 0.25) is 0 Å². The second-order valence-corrected chi connectivity index (χ2v) is 6.05. The molecule has 1 saturated heterocycles. The van der Waals surface area contributed by atoms with Gasteiger partial charge >= 0.3 is 0 Å². The van der Waals surface area contributed by atoms with Crippen molar-refractivity contribution in [2.75, 3.05) is 39.4 Å². The van der Waals surface area contributed by atoms with Gasteiger partial charge in [-0.05, 0) is 58.5 Å². The minimum absolute atomic E-state index is 0.0146. The van der Waals surface area contributed by atoms with Crippen LogP contribution >= 0.6 is 0 Å². The third-order valence-corrected chi connectivity index (χ3v) is 4.37. The van der Waals surface area contributed by atoms with Crippen molar-refractivity contribution in [1.82, 2.24) is 10.2 Å². The van der Waals surface area contributed by atoms with Crippen LogP contribution in [0.2, 0.25) is 0 Å². The normalized spacial score (nSPS) is 21.0. The van der Waals surface area contributed by atoms with Crippen molar-refractivity contribution >= 4 is 0 Å². The Labute approximate surface area is 124 Å². The average Bonchev–Trinajstić information content (AvgIpc) is 3.29. The van der Waals surface area contributed by atoms with Crippen molar-refractivity contribution in [1.29, 1.82) is 0 Å². The van der Waals surface area contributed by atoms with E-state index < -0.39 is 0 Å². The molecular formula is C16H32N2O2. The van der Waals surface area contributed by atoms with Crippen molar-refractivity contribution in [2.45, 2.75) is 58.3 Å². The fourth-order valence-corrected chi connectivity index (χ4v) is 3.12. The van der Waals surface area contributed by atoms with Gasteiger partial charge in [0, 0.05) is 38.8 Å². The van der Waals surface area contributed by atoms with Crippen LogP contribution in [0, 0.1) is 5.92 Å². The summed E-state index contributed by atoms with van der Waals surface area (Å²) in [7, 11) is 0. The van der Waals surface area contributed by atoms with Gasteiger partial charge in [-0.15, -0.1) is 0 Å². The number of ether oxygens (including phenoxy) is 2. The summed E-state index contributed by atoms with van der Waals surface area (Å²) in [6, 6.07) is 0.841. The number of nitrogens with one attached hydrogen (secondary N) is 1. The fraction of sp³-hybridized carbons (Fsp3) is 1.00. The van der Waals surface area contributed by atoms with Crippen molar-refractivity contribution in [3.05, 3.63) is 0 Å². The summed E-state index contributed by atoms with van der Waals surface area (Å²) < 4.78 is 11.3. The molecule has 0 aromatic heterocycles. The molecule has 1 N–H and O–H groups in total. The van der Waals surface area contributed by atoms with E-state index in [2.05, 4.69) is 10.2 Å². The molecule has 1 saturated carbocycles. The van der Waals surface area contributed by atoms with Crippen molar-refractivity contribution < 1.29 is 9.47 Å². The van der Waals surface area contributed by atoms with Crippen LogP contribution in [0.5, 0.6) is 0 Å². The standard InChI is InChI=1S/C16H32N2O2/c1-3-19-16(20-4-2)9-12-18(15-5-6-15)13-14-7-10-17-11-8-14/h14-17H,3-13H2,1-2H3. The Hall–Kier alpha value is -0.160. The first-order chi connectivity index (χ1) is 9.83. The summed E-state index contributed by atoms with van der Waals surface area (Å²) in [6.07, 6.45) is 6.44. The van der Waals surface area contributed by atoms with E-state index in [1.807, 2.05) is 13.8 Å². The molecule has 0 spiro atoms. The van der Waals surface area contributed by atoms with Gasteiger partial charge in [-0.1, -0.05) is 0 Å². The third kappa shape index (κ3) is 5.68. The first kappa shape index (κ1) is 16.2. The summed E-state index contributed by atoms with van der Waals surface area (Å²) in [4.78, 5) is 2.70. The Morgan fingerprint density at radius 2 is 1.70 bits per heavy atom. The van der Waals surface area contributed by atoms with E-state index in [9.17, 15) is 0 Å². The van der Waals surface area contributed by atoms with Gasteiger partial charge in [0.1, 0.15) is 0 Å². The highest BCUT2D eigenvalue weighted by atomic mass is 16.7. The predicted molar refractivity (Wildman–Crippen MR) is 81.8 cm³/mol. The maximum Gasteiger partial charge on any atom is 0.158 e. The van der Waals surface area contributed by atoms with Gasteiger partial charge in [0.15, 0.2) is 6.29 Å². The molecule has 2 rings (SSSR count). The maximum atomic E-state index is 5.66. The summed E-state index contributed by atoms with van der Waals surface area (Å²) in [5.74, 6) is 0.884. The first-order valence-corrected chi connectivity index (χ1v) is 8.51. The molecule has 1 aliphatic carbocycles. The Morgan fingerprint density at radius 3 is 2.25 bits per heavy atom. The lowest BCUT2D eigenvalue weighted by atomic mass is 9.97. The molecule has 0 aromatic rings. The molecule has 20 heavy (non-hydrogen) atoms. The Bertz CT molecular complexity index is 247. The lowest BCUT2D eigenvalue weighted by molar-refractivity contribution is -0.142. The van der Waals surface area contributed by atoms with Crippen molar-refractivity contribution in [3.63, 3.8) is 0 Å². The van der Waals surface area contributed by atoms with Crippen LogP contribution in [0.1, 0.15) is 46.0 Å². The van der Waals surface area contributed by atoms with Gasteiger partial charge in [-0.2, -0.15) is 0 Å². The summed E-state index contributed by atoms with van der Waals surface area (Å²) in [5, 5.41) is 3.46. The molecular weight excluding hydrogens is 252 g/mol. The number of rotatable bonds is 10. The highest BCUT2D eigenvalue weighted by Crippen LogP contribution is 2.29. The van der Waals surface area contributed by atoms with Gasteiger partial charge in [-0.25, -0.2) is 0 Å². The second-order valence-electron chi connectivity index (χ2n) is 6.05. The Morgan fingerprint density at radius 1 is 1.05 bits per heavy atom. The predicted octanol–water partition coefficient (Wildman–Crippen LogP) is 2.24. The van der Waals surface area contributed by atoms with E-state index in [1.165, 1.54) is 45.3 Å². The summed E-state index contributed by atoms with van der Waals surface area (Å²) in [5.41, 5.74) is 0. The van der Waals surface area contributed by atoms with E-state index in [4.69, 9.17) is 9.47 Å². The molecule has 0 radical (unpaired) electrons. The van der Waals surface area contributed by atoms with Gasteiger partial charge in [-0.3, -0.25) is 4.90 Å². The molecule has 1 aliphatic heterocycles. The SMILES string of the molecule is CCOC(CCN(CC1CCNCC1)C1CC1)OCC. The van der Waals surface area contributed by atoms with Crippen LogP contribution in [-0.4, -0.2) is 56.6 Å². The quantitative estimate of drug-likeness (QED) is 0.624. The van der Waals surface area contributed by atoms with Crippen molar-refractivity contribution in [2.24, 2.45) is 5.92 Å². The number of hydrogen-bond donors (Lipinski definition) is 1. The zero-order valence-corrected chi connectivity index (χ0v) is 13.3. The lowest BCUT2D eigenvalue weighted by Gasteiger charge is -2.31. The minimum Gasteiger partial charge on any atom is -0.353 e. The summed E-state index contributed by atoms with van der Waals surface area (Å²) >= 11 is 0. The van der Waals surface area contributed by atoms with Crippen LogP contribution in [0.15, 0.2) is 0 Å². The molecule has 4 heteroatoms. The molecule has 118 valence electrons. The largest absolute Gasteiger partial charge is 0.353 e. The summed E-state index contributed by atoms with van der Waals surface area (Å²) in [6.45, 7) is 10.4. The molecule has 2 fully saturated rings. The van der Waals surface area contributed by atoms with E-state index >= 15 is 0 Å². The monoisotopic (exact) mass is 284 g/mol. The van der Waals surface area contributed by atoms with Crippen LogP contribution in [0.3, 0.4) is 0 Å².